The molecule has 0 spiro atoms. The summed E-state index contributed by atoms with van der Waals surface area (Å²) >= 11 is 13.4. The summed E-state index contributed by atoms with van der Waals surface area (Å²) in [5.74, 6) is 0. The fourth-order valence-corrected chi connectivity index (χ4v) is 5.54. The number of halogens is 2. The number of hydrogen-bond acceptors (Lipinski definition) is 4. The summed E-state index contributed by atoms with van der Waals surface area (Å²) in [4.78, 5) is 11.1. The van der Waals surface area contributed by atoms with Crippen LogP contribution in [0.25, 0.3) is 0 Å². The van der Waals surface area contributed by atoms with Crippen molar-refractivity contribution in [1.82, 2.24) is 14.9 Å². The van der Waals surface area contributed by atoms with Crippen LogP contribution < -0.4 is 4.74 Å². The number of piperidine rings is 1. The van der Waals surface area contributed by atoms with E-state index in [1.807, 2.05) is 24.3 Å². The van der Waals surface area contributed by atoms with Crippen LogP contribution in [0.3, 0.4) is 0 Å². The Morgan fingerprint density at radius 3 is 1.87 bits per heavy atom. The van der Waals surface area contributed by atoms with Crippen molar-refractivity contribution in [3.8, 4) is 6.01 Å². The molecule has 3 aromatic rings. The Balaban J connectivity index is 1.47. The standard InChI is InChI=1S/C24H23Cl2N3O/c25-21-8-3-1-6-19(21)23(20-7-2-4-9-22(20)26)29-16-10-11-17(29)15-18(14-16)30-24-27-12-5-13-28-24/h1-9,12-13,16-18,23H,10-11,14-15H2. The average molecular weight is 440 g/mol. The Morgan fingerprint density at radius 2 is 1.33 bits per heavy atom. The number of benzene rings is 2. The third-order valence-corrected chi connectivity index (χ3v) is 6.95. The van der Waals surface area contributed by atoms with Gasteiger partial charge in [-0.1, -0.05) is 59.6 Å². The zero-order valence-electron chi connectivity index (χ0n) is 16.5. The van der Waals surface area contributed by atoms with Crippen LogP contribution in [0, 0.1) is 0 Å². The fraction of sp³-hybridized carbons (Fsp3) is 0.333. The lowest BCUT2D eigenvalue weighted by atomic mass is 9.90. The van der Waals surface area contributed by atoms with Crippen molar-refractivity contribution in [2.75, 3.05) is 0 Å². The van der Waals surface area contributed by atoms with Gasteiger partial charge in [0.25, 0.3) is 0 Å². The molecule has 0 amide bonds. The molecule has 6 heteroatoms. The van der Waals surface area contributed by atoms with E-state index in [4.69, 9.17) is 27.9 Å². The highest BCUT2D eigenvalue weighted by molar-refractivity contribution is 6.32. The minimum atomic E-state index is 0.0267. The van der Waals surface area contributed by atoms with Gasteiger partial charge in [0, 0.05) is 47.4 Å². The van der Waals surface area contributed by atoms with Crippen LogP contribution in [-0.4, -0.2) is 33.1 Å². The quantitative estimate of drug-likeness (QED) is 0.492. The summed E-state index contributed by atoms with van der Waals surface area (Å²) in [5.41, 5.74) is 2.21. The van der Waals surface area contributed by atoms with Gasteiger partial charge in [0.15, 0.2) is 0 Å². The Hall–Kier alpha value is -2.14. The van der Waals surface area contributed by atoms with Crippen LogP contribution in [0.5, 0.6) is 6.01 Å². The van der Waals surface area contributed by atoms with Crippen LogP contribution in [0.15, 0.2) is 67.0 Å². The van der Waals surface area contributed by atoms with Crippen LogP contribution in [0.4, 0.5) is 0 Å². The number of fused-ring (bicyclic) bond motifs is 2. The van der Waals surface area contributed by atoms with Gasteiger partial charge >= 0.3 is 6.01 Å². The molecule has 0 aliphatic carbocycles. The maximum absolute atomic E-state index is 6.68. The van der Waals surface area contributed by atoms with Crippen LogP contribution in [0.2, 0.25) is 10.0 Å². The van der Waals surface area contributed by atoms with E-state index in [0.29, 0.717) is 18.1 Å². The molecule has 5 rings (SSSR count). The Labute approximate surface area is 186 Å². The summed E-state index contributed by atoms with van der Waals surface area (Å²) in [6.45, 7) is 0. The number of rotatable bonds is 5. The molecule has 3 heterocycles. The highest BCUT2D eigenvalue weighted by atomic mass is 35.5. The van der Waals surface area contributed by atoms with E-state index in [1.54, 1.807) is 18.5 Å². The van der Waals surface area contributed by atoms with Crippen molar-refractivity contribution in [3.05, 3.63) is 88.2 Å². The Kier molecular flexibility index (Phi) is 5.64. The highest BCUT2D eigenvalue weighted by Gasteiger charge is 2.46. The van der Waals surface area contributed by atoms with Crippen LogP contribution >= 0.6 is 23.2 Å². The molecular weight excluding hydrogens is 417 g/mol. The summed E-state index contributed by atoms with van der Waals surface area (Å²) in [7, 11) is 0. The highest BCUT2D eigenvalue weighted by Crippen LogP contribution is 2.47. The van der Waals surface area contributed by atoms with Gasteiger partial charge < -0.3 is 4.74 Å². The number of hydrogen-bond donors (Lipinski definition) is 0. The predicted octanol–water partition coefficient (Wildman–Crippen LogP) is 5.95. The van der Waals surface area contributed by atoms with Crippen molar-refractivity contribution < 1.29 is 4.74 Å². The summed E-state index contributed by atoms with van der Waals surface area (Å²) in [6, 6.07) is 19.3. The molecule has 2 unspecified atom stereocenters. The number of nitrogens with zero attached hydrogens (tertiary/aromatic N) is 3. The van der Waals surface area contributed by atoms with E-state index < -0.39 is 0 Å². The molecule has 4 nitrogen and oxygen atoms in total. The molecule has 2 aliphatic rings. The van der Waals surface area contributed by atoms with Gasteiger partial charge in [0.2, 0.25) is 0 Å². The monoisotopic (exact) mass is 439 g/mol. The van der Waals surface area contributed by atoms with Crippen LogP contribution in [-0.2, 0) is 0 Å². The van der Waals surface area contributed by atoms with Gasteiger partial charge in [0.1, 0.15) is 6.10 Å². The zero-order chi connectivity index (χ0) is 20.5. The first-order valence-corrected chi connectivity index (χ1v) is 11.2. The average Bonchev–Trinajstić information content (AvgIpc) is 3.01. The second-order valence-electron chi connectivity index (χ2n) is 8.02. The third-order valence-electron chi connectivity index (χ3n) is 6.26. The van der Waals surface area contributed by atoms with Gasteiger partial charge in [0.05, 0.1) is 6.04 Å². The first kappa shape index (κ1) is 19.8. The molecule has 154 valence electrons. The summed E-state index contributed by atoms with van der Waals surface area (Å²) in [6.07, 6.45) is 7.74. The molecule has 2 fully saturated rings. The first-order chi connectivity index (χ1) is 14.7. The van der Waals surface area contributed by atoms with Gasteiger partial charge in [-0.3, -0.25) is 4.90 Å². The summed E-state index contributed by atoms with van der Waals surface area (Å²) in [5, 5.41) is 1.55. The number of aromatic nitrogens is 2. The maximum atomic E-state index is 6.68. The normalized spacial score (nSPS) is 23.6. The largest absolute Gasteiger partial charge is 0.460 e. The maximum Gasteiger partial charge on any atom is 0.316 e. The van der Waals surface area contributed by atoms with Crippen molar-refractivity contribution >= 4 is 23.2 Å². The smallest absolute Gasteiger partial charge is 0.316 e. The van der Waals surface area contributed by atoms with Crippen molar-refractivity contribution in [2.24, 2.45) is 0 Å². The Morgan fingerprint density at radius 1 is 0.800 bits per heavy atom. The molecule has 2 atom stereocenters. The Bertz CT molecular complexity index is 957. The van der Waals surface area contributed by atoms with E-state index >= 15 is 0 Å². The van der Waals surface area contributed by atoms with Crippen molar-refractivity contribution in [1.29, 1.82) is 0 Å². The zero-order valence-corrected chi connectivity index (χ0v) is 18.0. The van der Waals surface area contributed by atoms with Gasteiger partial charge in [-0.25, -0.2) is 9.97 Å². The minimum Gasteiger partial charge on any atom is -0.460 e. The lowest BCUT2D eigenvalue weighted by molar-refractivity contribution is 0.0268. The second kappa shape index (κ2) is 8.54. The van der Waals surface area contributed by atoms with Crippen LogP contribution in [0.1, 0.15) is 42.9 Å². The molecule has 2 aromatic carbocycles. The molecule has 2 bridgehead atoms. The van der Waals surface area contributed by atoms with E-state index in [2.05, 4.69) is 39.1 Å². The molecule has 0 N–H and O–H groups in total. The first-order valence-electron chi connectivity index (χ1n) is 10.4. The molecule has 2 saturated heterocycles. The van der Waals surface area contributed by atoms with E-state index in [1.165, 1.54) is 0 Å². The number of ether oxygens (including phenoxy) is 1. The van der Waals surface area contributed by atoms with Crippen molar-refractivity contribution in [3.63, 3.8) is 0 Å². The molecule has 0 radical (unpaired) electrons. The van der Waals surface area contributed by atoms with Gasteiger partial charge in [-0.15, -0.1) is 0 Å². The predicted molar refractivity (Wildman–Crippen MR) is 119 cm³/mol. The molecule has 30 heavy (non-hydrogen) atoms. The molecule has 0 saturated carbocycles. The van der Waals surface area contributed by atoms with Gasteiger partial charge in [-0.05, 0) is 42.2 Å². The SMILES string of the molecule is Clc1ccccc1C(c1ccccc1Cl)N1C2CCC1CC(Oc1ncccn1)C2. The lowest BCUT2D eigenvalue weighted by Gasteiger charge is -2.44. The third kappa shape index (κ3) is 3.80. The fourth-order valence-electron chi connectivity index (χ4n) is 5.06. The van der Waals surface area contributed by atoms with E-state index in [0.717, 1.165) is 46.9 Å². The molecular formula is C24H23Cl2N3O. The molecule has 2 aliphatic heterocycles. The van der Waals surface area contributed by atoms with E-state index in [9.17, 15) is 0 Å². The topological polar surface area (TPSA) is 38.2 Å². The second-order valence-corrected chi connectivity index (χ2v) is 8.83. The molecule has 1 aromatic heterocycles. The van der Waals surface area contributed by atoms with E-state index in [-0.39, 0.29) is 12.1 Å². The van der Waals surface area contributed by atoms with Crippen molar-refractivity contribution in [2.45, 2.75) is 49.9 Å². The summed E-state index contributed by atoms with van der Waals surface area (Å²) < 4.78 is 6.12. The lowest BCUT2D eigenvalue weighted by Crippen LogP contribution is -2.48. The minimum absolute atomic E-state index is 0.0267. The van der Waals surface area contributed by atoms with Gasteiger partial charge in [-0.2, -0.15) is 0 Å².